The Hall–Kier alpha value is -1.20. The molecule has 0 aromatic heterocycles. The molecule has 0 saturated heterocycles. The molecule has 0 heterocycles. The number of rotatable bonds is 10. The maximum absolute atomic E-state index is 5.62. The summed E-state index contributed by atoms with van der Waals surface area (Å²) in [7, 11) is 1.81. The molecule has 5 heteroatoms. The second kappa shape index (κ2) is 10.5. The van der Waals surface area contributed by atoms with E-state index >= 15 is 0 Å². The van der Waals surface area contributed by atoms with Crippen LogP contribution in [0.3, 0.4) is 0 Å². The molecule has 1 aliphatic carbocycles. The van der Waals surface area contributed by atoms with Crippen LogP contribution in [0.2, 0.25) is 0 Å². The van der Waals surface area contributed by atoms with Gasteiger partial charge in [0, 0.05) is 44.0 Å². The van der Waals surface area contributed by atoms with Gasteiger partial charge in [-0.25, -0.2) is 0 Å². The van der Waals surface area contributed by atoms with Crippen molar-refractivity contribution >= 4 is 17.7 Å². The Morgan fingerprint density at radius 2 is 2.00 bits per heavy atom. The van der Waals surface area contributed by atoms with Crippen molar-refractivity contribution in [2.45, 2.75) is 24.2 Å². The van der Waals surface area contributed by atoms with Crippen LogP contribution in [0.15, 0.2) is 40.2 Å². The summed E-state index contributed by atoms with van der Waals surface area (Å²) in [5.41, 5.74) is 0. The molecular formula is C17H27N3OS. The zero-order valence-corrected chi connectivity index (χ0v) is 14.2. The predicted octanol–water partition coefficient (Wildman–Crippen LogP) is 2.76. The first-order valence-electron chi connectivity index (χ1n) is 8.08. The van der Waals surface area contributed by atoms with Gasteiger partial charge in [0.25, 0.3) is 0 Å². The number of aliphatic imine (C=N–C) groups is 1. The highest BCUT2D eigenvalue weighted by Crippen LogP contribution is 2.28. The van der Waals surface area contributed by atoms with E-state index in [-0.39, 0.29) is 0 Å². The molecule has 1 aliphatic rings. The van der Waals surface area contributed by atoms with Gasteiger partial charge in [-0.2, -0.15) is 0 Å². The number of hydrogen-bond acceptors (Lipinski definition) is 3. The molecule has 22 heavy (non-hydrogen) atoms. The summed E-state index contributed by atoms with van der Waals surface area (Å²) >= 11 is 1.85. The van der Waals surface area contributed by atoms with E-state index in [2.05, 4.69) is 39.9 Å². The van der Waals surface area contributed by atoms with Gasteiger partial charge in [0.1, 0.15) is 0 Å². The van der Waals surface area contributed by atoms with Gasteiger partial charge >= 0.3 is 0 Å². The minimum Gasteiger partial charge on any atom is -0.381 e. The van der Waals surface area contributed by atoms with Crippen LogP contribution < -0.4 is 10.6 Å². The lowest BCUT2D eigenvalue weighted by Crippen LogP contribution is -2.39. The van der Waals surface area contributed by atoms with Crippen molar-refractivity contribution in [3.8, 4) is 0 Å². The summed E-state index contributed by atoms with van der Waals surface area (Å²) in [4.78, 5) is 5.54. The van der Waals surface area contributed by atoms with Gasteiger partial charge in [-0.05, 0) is 37.3 Å². The maximum Gasteiger partial charge on any atom is 0.191 e. The molecule has 1 aromatic carbocycles. The monoisotopic (exact) mass is 321 g/mol. The predicted molar refractivity (Wildman–Crippen MR) is 94.7 cm³/mol. The Morgan fingerprint density at radius 1 is 1.23 bits per heavy atom. The van der Waals surface area contributed by atoms with E-state index in [1.54, 1.807) is 0 Å². The highest BCUT2D eigenvalue weighted by molar-refractivity contribution is 7.99. The quantitative estimate of drug-likeness (QED) is 0.301. The van der Waals surface area contributed by atoms with Gasteiger partial charge < -0.3 is 15.4 Å². The molecule has 0 unspecified atom stereocenters. The number of ether oxygens (including phenoxy) is 1. The van der Waals surface area contributed by atoms with E-state index in [1.807, 2.05) is 24.9 Å². The largest absolute Gasteiger partial charge is 0.381 e. The second-order valence-electron chi connectivity index (χ2n) is 5.46. The third kappa shape index (κ3) is 7.71. The van der Waals surface area contributed by atoms with E-state index in [4.69, 9.17) is 4.74 Å². The summed E-state index contributed by atoms with van der Waals surface area (Å²) in [6, 6.07) is 10.5. The Kier molecular flexibility index (Phi) is 8.20. The second-order valence-corrected chi connectivity index (χ2v) is 6.63. The molecule has 0 bridgehead atoms. The highest BCUT2D eigenvalue weighted by atomic mass is 32.2. The lowest BCUT2D eigenvalue weighted by Gasteiger charge is -2.11. The summed E-state index contributed by atoms with van der Waals surface area (Å²) in [6.45, 7) is 3.58. The standard InChI is InChI=1S/C17H27N3OS/c1-18-17(19-10-5-12-21-14-15-8-9-15)20-11-13-22-16-6-3-2-4-7-16/h2-4,6-7,15H,5,8-14H2,1H3,(H2,18,19,20). The van der Waals surface area contributed by atoms with Crippen molar-refractivity contribution in [3.05, 3.63) is 30.3 Å². The van der Waals surface area contributed by atoms with Gasteiger partial charge in [0.15, 0.2) is 5.96 Å². The van der Waals surface area contributed by atoms with Crippen LogP contribution in [0.25, 0.3) is 0 Å². The molecule has 122 valence electrons. The molecule has 0 aliphatic heterocycles. The average molecular weight is 321 g/mol. The molecular weight excluding hydrogens is 294 g/mol. The fourth-order valence-electron chi connectivity index (χ4n) is 1.99. The topological polar surface area (TPSA) is 45.7 Å². The van der Waals surface area contributed by atoms with E-state index in [0.29, 0.717) is 0 Å². The SMILES string of the molecule is CN=C(NCCCOCC1CC1)NCCSc1ccccc1. The summed E-state index contributed by atoms with van der Waals surface area (Å²) in [5, 5.41) is 6.66. The molecule has 0 radical (unpaired) electrons. The Balaban J connectivity index is 1.45. The van der Waals surface area contributed by atoms with Crippen LogP contribution in [0.5, 0.6) is 0 Å². The molecule has 0 atom stereocenters. The van der Waals surface area contributed by atoms with E-state index in [9.17, 15) is 0 Å². The highest BCUT2D eigenvalue weighted by Gasteiger charge is 2.20. The number of hydrogen-bond donors (Lipinski definition) is 2. The van der Waals surface area contributed by atoms with Crippen LogP contribution in [0.1, 0.15) is 19.3 Å². The van der Waals surface area contributed by atoms with Crippen LogP contribution in [-0.4, -0.2) is 45.1 Å². The van der Waals surface area contributed by atoms with Crippen LogP contribution in [-0.2, 0) is 4.74 Å². The molecule has 0 amide bonds. The average Bonchev–Trinajstić information content (AvgIpc) is 3.38. The fourth-order valence-corrected chi connectivity index (χ4v) is 2.78. The van der Waals surface area contributed by atoms with Gasteiger partial charge in [0.05, 0.1) is 0 Å². The van der Waals surface area contributed by atoms with Crippen LogP contribution in [0, 0.1) is 5.92 Å². The van der Waals surface area contributed by atoms with Crippen molar-refractivity contribution in [2.75, 3.05) is 39.1 Å². The van der Waals surface area contributed by atoms with E-state index < -0.39 is 0 Å². The summed E-state index contributed by atoms with van der Waals surface area (Å²) in [6.07, 6.45) is 3.73. The van der Waals surface area contributed by atoms with Crippen molar-refractivity contribution < 1.29 is 4.74 Å². The van der Waals surface area contributed by atoms with Gasteiger partial charge in [-0.3, -0.25) is 4.99 Å². The summed E-state index contributed by atoms with van der Waals surface area (Å²) < 4.78 is 5.62. The van der Waals surface area contributed by atoms with Gasteiger partial charge in [-0.15, -0.1) is 11.8 Å². The lowest BCUT2D eigenvalue weighted by atomic mass is 10.4. The minimum absolute atomic E-state index is 0.838. The number of nitrogens with zero attached hydrogens (tertiary/aromatic N) is 1. The van der Waals surface area contributed by atoms with Crippen molar-refractivity contribution in [1.82, 2.24) is 10.6 Å². The van der Waals surface area contributed by atoms with Crippen LogP contribution in [0.4, 0.5) is 0 Å². The first-order valence-corrected chi connectivity index (χ1v) is 9.07. The minimum atomic E-state index is 0.838. The first-order chi connectivity index (χ1) is 10.9. The normalized spacial score (nSPS) is 14.9. The van der Waals surface area contributed by atoms with Crippen molar-refractivity contribution in [1.29, 1.82) is 0 Å². The fraction of sp³-hybridized carbons (Fsp3) is 0.588. The molecule has 1 fully saturated rings. The first kappa shape index (κ1) is 17.2. The van der Waals surface area contributed by atoms with Crippen molar-refractivity contribution in [2.24, 2.45) is 10.9 Å². The third-order valence-corrected chi connectivity index (χ3v) is 4.45. The number of guanidine groups is 1. The van der Waals surface area contributed by atoms with E-state index in [0.717, 1.165) is 50.4 Å². The molecule has 2 rings (SSSR count). The van der Waals surface area contributed by atoms with Gasteiger partial charge in [-0.1, -0.05) is 18.2 Å². The van der Waals surface area contributed by atoms with Crippen LogP contribution >= 0.6 is 11.8 Å². The molecule has 0 spiro atoms. The van der Waals surface area contributed by atoms with E-state index in [1.165, 1.54) is 17.7 Å². The zero-order chi connectivity index (χ0) is 15.5. The molecule has 1 aromatic rings. The third-order valence-electron chi connectivity index (χ3n) is 3.44. The Bertz CT molecular complexity index is 435. The number of nitrogens with one attached hydrogen (secondary N) is 2. The number of benzene rings is 1. The lowest BCUT2D eigenvalue weighted by molar-refractivity contribution is 0.123. The smallest absolute Gasteiger partial charge is 0.191 e. The Morgan fingerprint density at radius 3 is 2.73 bits per heavy atom. The summed E-state index contributed by atoms with van der Waals surface area (Å²) in [5.74, 6) is 2.75. The zero-order valence-electron chi connectivity index (χ0n) is 13.4. The molecule has 4 nitrogen and oxygen atoms in total. The Labute approximate surface area is 138 Å². The molecule has 1 saturated carbocycles. The van der Waals surface area contributed by atoms with Gasteiger partial charge in [0.2, 0.25) is 0 Å². The van der Waals surface area contributed by atoms with Crippen molar-refractivity contribution in [3.63, 3.8) is 0 Å². The number of thioether (sulfide) groups is 1. The molecule has 2 N–H and O–H groups in total. The maximum atomic E-state index is 5.62.